The smallest absolute Gasteiger partial charge is 0.0270 e. The average molecular weight is 263 g/mol. The Morgan fingerprint density at radius 2 is 1.84 bits per heavy atom. The molecule has 1 heterocycles. The molecule has 1 unspecified atom stereocenters. The Bertz CT molecular complexity index is 343. The zero-order valence-electron chi connectivity index (χ0n) is 13.1. The van der Waals surface area contributed by atoms with Crippen LogP contribution in [0.3, 0.4) is 0 Å². The summed E-state index contributed by atoms with van der Waals surface area (Å²) in [5.74, 6) is 0. The number of hydrogen-bond donors (Lipinski definition) is 1. The predicted molar refractivity (Wildman–Crippen MR) is 82.4 cm³/mol. The van der Waals surface area contributed by atoms with Gasteiger partial charge in [0.05, 0.1) is 0 Å². The van der Waals surface area contributed by atoms with Gasteiger partial charge in [-0.2, -0.15) is 0 Å². The van der Waals surface area contributed by atoms with E-state index in [1.165, 1.54) is 12.0 Å². The molecule has 0 fully saturated rings. The number of nitrogens with one attached hydrogen (secondary N) is 1. The Hall–Kier alpha value is -0.930. The molecule has 1 atom stereocenters. The van der Waals surface area contributed by atoms with Gasteiger partial charge in [-0.15, -0.1) is 0 Å². The molecule has 0 aromatic carbocycles. The van der Waals surface area contributed by atoms with Gasteiger partial charge in [0.2, 0.25) is 0 Å². The summed E-state index contributed by atoms with van der Waals surface area (Å²) in [5, 5.41) is 3.44. The van der Waals surface area contributed by atoms with Crippen LogP contribution in [0.1, 0.15) is 32.8 Å². The standard InChI is InChI=1S/C16H29N3/c1-16(2,3)15(17-4)9-13-19(5)12-8-14-6-10-18-11-7-14/h6-7,10-11,15,17H,8-9,12-13H2,1-5H3. The van der Waals surface area contributed by atoms with E-state index in [-0.39, 0.29) is 0 Å². The summed E-state index contributed by atoms with van der Waals surface area (Å²) in [4.78, 5) is 6.46. The normalized spacial score (nSPS) is 13.8. The molecule has 0 spiro atoms. The molecule has 1 aromatic heterocycles. The Kier molecular flexibility index (Phi) is 6.46. The van der Waals surface area contributed by atoms with Crippen LogP contribution in [0.4, 0.5) is 0 Å². The number of likely N-dealkylation sites (N-methyl/N-ethyl adjacent to an activating group) is 1. The molecule has 0 saturated carbocycles. The molecule has 1 aromatic rings. The van der Waals surface area contributed by atoms with Gasteiger partial charge in [0.25, 0.3) is 0 Å². The van der Waals surface area contributed by atoms with Gasteiger partial charge in [0.15, 0.2) is 0 Å². The Morgan fingerprint density at radius 3 is 2.37 bits per heavy atom. The third kappa shape index (κ3) is 6.17. The SMILES string of the molecule is CNC(CCN(C)CCc1ccncc1)C(C)(C)C. The molecule has 0 radical (unpaired) electrons. The molecule has 0 bridgehead atoms. The second kappa shape index (κ2) is 7.61. The first kappa shape index (κ1) is 16.1. The average Bonchev–Trinajstić information content (AvgIpc) is 2.36. The summed E-state index contributed by atoms with van der Waals surface area (Å²) in [5.41, 5.74) is 1.68. The summed E-state index contributed by atoms with van der Waals surface area (Å²) in [6, 6.07) is 4.76. The van der Waals surface area contributed by atoms with Crippen LogP contribution in [0.25, 0.3) is 0 Å². The van der Waals surface area contributed by atoms with Crippen LogP contribution in [0.2, 0.25) is 0 Å². The zero-order chi connectivity index (χ0) is 14.3. The van der Waals surface area contributed by atoms with Crippen molar-refractivity contribution in [3.63, 3.8) is 0 Å². The first-order valence-electron chi connectivity index (χ1n) is 7.18. The lowest BCUT2D eigenvalue weighted by Crippen LogP contribution is -2.40. The summed E-state index contributed by atoms with van der Waals surface area (Å²) in [6.07, 6.45) is 6.02. The van der Waals surface area contributed by atoms with Gasteiger partial charge in [-0.3, -0.25) is 4.98 Å². The third-order valence-corrected chi connectivity index (χ3v) is 3.72. The molecule has 0 aliphatic rings. The maximum atomic E-state index is 4.05. The molecular weight excluding hydrogens is 234 g/mol. The molecule has 0 aliphatic heterocycles. The van der Waals surface area contributed by atoms with E-state index in [0.29, 0.717) is 11.5 Å². The van der Waals surface area contributed by atoms with E-state index in [2.05, 4.69) is 62.2 Å². The predicted octanol–water partition coefficient (Wildman–Crippen LogP) is 2.58. The number of aromatic nitrogens is 1. The summed E-state index contributed by atoms with van der Waals surface area (Å²) in [7, 11) is 4.27. The molecule has 108 valence electrons. The van der Waals surface area contributed by atoms with E-state index in [4.69, 9.17) is 0 Å². The lowest BCUT2D eigenvalue weighted by molar-refractivity contribution is 0.231. The first-order valence-corrected chi connectivity index (χ1v) is 7.18. The molecule has 3 heteroatoms. The largest absolute Gasteiger partial charge is 0.316 e. The monoisotopic (exact) mass is 263 g/mol. The van der Waals surface area contributed by atoms with Crippen molar-refractivity contribution in [2.24, 2.45) is 5.41 Å². The van der Waals surface area contributed by atoms with Gasteiger partial charge >= 0.3 is 0 Å². The van der Waals surface area contributed by atoms with E-state index >= 15 is 0 Å². The van der Waals surface area contributed by atoms with Crippen LogP contribution in [-0.4, -0.2) is 43.1 Å². The van der Waals surface area contributed by atoms with Crippen molar-refractivity contribution in [2.75, 3.05) is 27.2 Å². The maximum Gasteiger partial charge on any atom is 0.0270 e. The van der Waals surface area contributed by atoms with Crippen molar-refractivity contribution >= 4 is 0 Å². The minimum Gasteiger partial charge on any atom is -0.316 e. The van der Waals surface area contributed by atoms with E-state index in [1.54, 1.807) is 0 Å². The van der Waals surface area contributed by atoms with Crippen LogP contribution in [0.5, 0.6) is 0 Å². The minimum atomic E-state index is 0.320. The third-order valence-electron chi connectivity index (χ3n) is 3.72. The number of nitrogens with zero attached hydrogens (tertiary/aromatic N) is 2. The summed E-state index contributed by atoms with van der Waals surface area (Å²) >= 11 is 0. The fourth-order valence-electron chi connectivity index (χ4n) is 2.34. The molecule has 19 heavy (non-hydrogen) atoms. The quantitative estimate of drug-likeness (QED) is 0.819. The highest BCUT2D eigenvalue weighted by atomic mass is 15.1. The van der Waals surface area contributed by atoms with Gasteiger partial charge in [-0.1, -0.05) is 20.8 Å². The van der Waals surface area contributed by atoms with E-state index in [0.717, 1.165) is 19.5 Å². The maximum absolute atomic E-state index is 4.05. The topological polar surface area (TPSA) is 28.2 Å². The molecule has 0 saturated heterocycles. The van der Waals surface area contributed by atoms with Crippen molar-refractivity contribution in [2.45, 2.75) is 39.7 Å². The second-order valence-electron chi connectivity index (χ2n) is 6.40. The van der Waals surface area contributed by atoms with Crippen molar-refractivity contribution in [3.05, 3.63) is 30.1 Å². The highest BCUT2D eigenvalue weighted by Crippen LogP contribution is 2.21. The Labute approximate surface area is 118 Å². The number of hydrogen-bond acceptors (Lipinski definition) is 3. The number of pyridine rings is 1. The van der Waals surface area contributed by atoms with Gasteiger partial charge in [-0.25, -0.2) is 0 Å². The fourth-order valence-corrected chi connectivity index (χ4v) is 2.34. The zero-order valence-corrected chi connectivity index (χ0v) is 13.1. The van der Waals surface area contributed by atoms with E-state index in [9.17, 15) is 0 Å². The summed E-state index contributed by atoms with van der Waals surface area (Å²) in [6.45, 7) is 9.12. The summed E-state index contributed by atoms with van der Waals surface area (Å²) < 4.78 is 0. The van der Waals surface area contributed by atoms with E-state index in [1.807, 2.05) is 12.4 Å². The fraction of sp³-hybridized carbons (Fsp3) is 0.688. The van der Waals surface area contributed by atoms with Crippen LogP contribution >= 0.6 is 0 Å². The first-order chi connectivity index (χ1) is 8.93. The van der Waals surface area contributed by atoms with Gasteiger partial charge in [-0.05, 0) is 56.6 Å². The molecule has 1 rings (SSSR count). The van der Waals surface area contributed by atoms with Crippen molar-refractivity contribution in [3.8, 4) is 0 Å². The van der Waals surface area contributed by atoms with Crippen LogP contribution < -0.4 is 5.32 Å². The minimum absolute atomic E-state index is 0.320. The highest BCUT2D eigenvalue weighted by molar-refractivity contribution is 5.09. The highest BCUT2D eigenvalue weighted by Gasteiger charge is 2.22. The molecular formula is C16H29N3. The van der Waals surface area contributed by atoms with Crippen molar-refractivity contribution < 1.29 is 0 Å². The lowest BCUT2D eigenvalue weighted by atomic mass is 9.85. The van der Waals surface area contributed by atoms with E-state index < -0.39 is 0 Å². The van der Waals surface area contributed by atoms with Crippen molar-refractivity contribution in [1.29, 1.82) is 0 Å². The van der Waals surface area contributed by atoms with Gasteiger partial charge in [0.1, 0.15) is 0 Å². The molecule has 0 aliphatic carbocycles. The van der Waals surface area contributed by atoms with Gasteiger partial charge in [0, 0.05) is 25.0 Å². The van der Waals surface area contributed by atoms with Crippen LogP contribution in [0, 0.1) is 5.41 Å². The molecule has 3 nitrogen and oxygen atoms in total. The van der Waals surface area contributed by atoms with Crippen LogP contribution in [0.15, 0.2) is 24.5 Å². The van der Waals surface area contributed by atoms with Crippen LogP contribution in [-0.2, 0) is 6.42 Å². The second-order valence-corrected chi connectivity index (χ2v) is 6.40. The molecule has 1 N–H and O–H groups in total. The Morgan fingerprint density at radius 1 is 1.21 bits per heavy atom. The lowest BCUT2D eigenvalue weighted by Gasteiger charge is -2.32. The van der Waals surface area contributed by atoms with Crippen molar-refractivity contribution in [1.82, 2.24) is 15.2 Å². The number of rotatable bonds is 7. The molecule has 0 amide bonds. The Balaban J connectivity index is 2.30. The van der Waals surface area contributed by atoms with Gasteiger partial charge < -0.3 is 10.2 Å².